The van der Waals surface area contributed by atoms with Gasteiger partial charge in [0.2, 0.25) is 0 Å². The first-order valence-electron chi connectivity index (χ1n) is 6.18. The highest BCUT2D eigenvalue weighted by molar-refractivity contribution is 6.08. The lowest BCUT2D eigenvalue weighted by molar-refractivity contribution is 0.590. The Balaban J connectivity index is 3.06. The van der Waals surface area contributed by atoms with E-state index in [0.717, 1.165) is 11.1 Å². The van der Waals surface area contributed by atoms with Gasteiger partial charge in [-0.25, -0.2) is 0 Å². The van der Waals surface area contributed by atoms with Crippen LogP contribution in [0.15, 0.2) is 30.3 Å². The Bertz CT molecular complexity index is 402. The average Bonchev–Trinajstić information content (AvgIpc) is 2.24. The van der Waals surface area contributed by atoms with Gasteiger partial charge in [-0.3, -0.25) is 0 Å². The molecule has 0 heterocycles. The lowest BCUT2D eigenvalue weighted by Crippen LogP contribution is -2.10. The molecule has 0 radical (unpaired) electrons. The second kappa shape index (κ2) is 5.31. The summed E-state index contributed by atoms with van der Waals surface area (Å²) in [5, 5.41) is 7.47. The van der Waals surface area contributed by atoms with E-state index in [4.69, 9.17) is 5.41 Å². The molecule has 1 aromatic rings. The fourth-order valence-corrected chi connectivity index (χ4v) is 1.75. The Morgan fingerprint density at radius 2 is 1.65 bits per heavy atom. The molecule has 0 saturated heterocycles. The molecule has 0 unspecified atom stereocenters. The van der Waals surface area contributed by atoms with E-state index < -0.39 is 0 Å². The maximum absolute atomic E-state index is 7.47. The first-order chi connectivity index (χ1) is 7.84. The summed E-state index contributed by atoms with van der Waals surface area (Å²) in [6.45, 7) is 10.9. The lowest BCUT2D eigenvalue weighted by atomic mass is 9.86. The fraction of sp³-hybridized carbons (Fsp3) is 0.438. The molecule has 0 bridgehead atoms. The minimum Gasteiger partial charge on any atom is -0.308 e. The van der Waals surface area contributed by atoms with Gasteiger partial charge in [-0.1, -0.05) is 65.0 Å². The average molecular weight is 229 g/mol. The molecule has 17 heavy (non-hydrogen) atoms. The van der Waals surface area contributed by atoms with Gasteiger partial charge in [0, 0.05) is 6.21 Å². The molecule has 0 aliphatic carbocycles. The molecule has 1 heteroatoms. The molecule has 1 aromatic carbocycles. The number of nitrogens with one attached hydrogen (secondary N) is 1. The topological polar surface area (TPSA) is 23.9 Å². The van der Waals surface area contributed by atoms with Crippen molar-refractivity contribution in [3.8, 4) is 0 Å². The Morgan fingerprint density at radius 1 is 1.12 bits per heavy atom. The number of hydrogen-bond donors (Lipinski definition) is 1. The van der Waals surface area contributed by atoms with Gasteiger partial charge >= 0.3 is 0 Å². The van der Waals surface area contributed by atoms with Crippen LogP contribution in [0.5, 0.6) is 0 Å². The zero-order valence-electron chi connectivity index (χ0n) is 11.5. The van der Waals surface area contributed by atoms with Crippen LogP contribution in [-0.2, 0) is 5.41 Å². The third-order valence-electron chi connectivity index (χ3n) is 2.75. The fourth-order valence-electron chi connectivity index (χ4n) is 1.75. The Kier molecular flexibility index (Phi) is 4.28. The number of allylic oxidation sites excluding steroid dienone is 2. The maximum Gasteiger partial charge on any atom is 0.0253 e. The van der Waals surface area contributed by atoms with Crippen LogP contribution < -0.4 is 0 Å². The summed E-state index contributed by atoms with van der Waals surface area (Å²) in [7, 11) is 0. The number of rotatable bonds is 3. The van der Waals surface area contributed by atoms with Crippen LogP contribution >= 0.6 is 0 Å². The second-order valence-electron chi connectivity index (χ2n) is 5.84. The van der Waals surface area contributed by atoms with Crippen LogP contribution in [0.4, 0.5) is 0 Å². The summed E-state index contributed by atoms with van der Waals surface area (Å²) in [4.78, 5) is 0. The van der Waals surface area contributed by atoms with E-state index in [0.29, 0.717) is 5.92 Å². The Hall–Kier alpha value is -1.37. The highest BCUT2D eigenvalue weighted by Crippen LogP contribution is 2.24. The third kappa shape index (κ3) is 3.85. The summed E-state index contributed by atoms with van der Waals surface area (Å²) in [5.41, 5.74) is 3.64. The van der Waals surface area contributed by atoms with Crippen molar-refractivity contribution >= 4 is 11.8 Å². The van der Waals surface area contributed by atoms with Gasteiger partial charge in [0.05, 0.1) is 0 Å². The molecular weight excluding hydrogens is 206 g/mol. The van der Waals surface area contributed by atoms with Crippen LogP contribution in [0.1, 0.15) is 45.7 Å². The maximum atomic E-state index is 7.47. The molecule has 0 aromatic heterocycles. The zero-order chi connectivity index (χ0) is 13.1. The molecule has 0 aliphatic heterocycles. The molecule has 1 N–H and O–H groups in total. The molecule has 92 valence electrons. The Morgan fingerprint density at radius 3 is 2.00 bits per heavy atom. The van der Waals surface area contributed by atoms with E-state index >= 15 is 0 Å². The van der Waals surface area contributed by atoms with Crippen molar-refractivity contribution in [3.05, 3.63) is 41.5 Å². The summed E-state index contributed by atoms with van der Waals surface area (Å²) in [5.74, 6) is 0.467. The number of benzene rings is 1. The summed E-state index contributed by atoms with van der Waals surface area (Å²) >= 11 is 0. The van der Waals surface area contributed by atoms with Crippen molar-refractivity contribution in [1.82, 2.24) is 0 Å². The van der Waals surface area contributed by atoms with Crippen molar-refractivity contribution in [2.45, 2.75) is 40.0 Å². The SMILES string of the molecule is CC(C)/C=C(\C=N)c1ccc(C(C)(C)C)cc1. The molecule has 0 spiro atoms. The smallest absolute Gasteiger partial charge is 0.0253 e. The van der Waals surface area contributed by atoms with Gasteiger partial charge in [0.1, 0.15) is 0 Å². The number of hydrogen-bond acceptors (Lipinski definition) is 1. The van der Waals surface area contributed by atoms with E-state index in [2.05, 4.69) is 65.0 Å². The summed E-state index contributed by atoms with van der Waals surface area (Å²) < 4.78 is 0. The van der Waals surface area contributed by atoms with Gasteiger partial charge in [-0.05, 0) is 28.0 Å². The summed E-state index contributed by atoms with van der Waals surface area (Å²) in [6.07, 6.45) is 3.56. The normalized spacial score (nSPS) is 12.9. The van der Waals surface area contributed by atoms with Gasteiger partial charge in [-0.15, -0.1) is 0 Å². The molecule has 1 nitrogen and oxygen atoms in total. The molecule has 0 saturated carbocycles. The predicted molar refractivity (Wildman–Crippen MR) is 76.7 cm³/mol. The van der Waals surface area contributed by atoms with E-state index in [1.165, 1.54) is 11.8 Å². The van der Waals surface area contributed by atoms with Crippen molar-refractivity contribution in [2.24, 2.45) is 5.92 Å². The lowest BCUT2D eigenvalue weighted by Gasteiger charge is -2.19. The molecule has 0 aliphatic rings. The van der Waals surface area contributed by atoms with Crippen LogP contribution in [0.2, 0.25) is 0 Å². The minimum atomic E-state index is 0.186. The highest BCUT2D eigenvalue weighted by atomic mass is 14.3. The van der Waals surface area contributed by atoms with Crippen LogP contribution in [0.3, 0.4) is 0 Å². The first kappa shape index (κ1) is 13.7. The standard InChI is InChI=1S/C16H23N/c1-12(2)10-14(11-17)13-6-8-15(9-7-13)16(3,4)5/h6-12,17H,1-5H3/b14-10+,17-11?. The van der Waals surface area contributed by atoms with E-state index in [-0.39, 0.29) is 5.41 Å². The van der Waals surface area contributed by atoms with Crippen molar-refractivity contribution in [2.75, 3.05) is 0 Å². The van der Waals surface area contributed by atoms with E-state index in [9.17, 15) is 0 Å². The van der Waals surface area contributed by atoms with Gasteiger partial charge in [-0.2, -0.15) is 0 Å². The molecular formula is C16H23N. The molecule has 1 rings (SSSR count). The Labute approximate surface area is 105 Å². The van der Waals surface area contributed by atoms with Crippen molar-refractivity contribution in [1.29, 1.82) is 5.41 Å². The largest absolute Gasteiger partial charge is 0.308 e. The van der Waals surface area contributed by atoms with Crippen LogP contribution in [0.25, 0.3) is 5.57 Å². The zero-order valence-corrected chi connectivity index (χ0v) is 11.5. The van der Waals surface area contributed by atoms with Crippen LogP contribution in [-0.4, -0.2) is 6.21 Å². The monoisotopic (exact) mass is 229 g/mol. The minimum absolute atomic E-state index is 0.186. The predicted octanol–water partition coefficient (Wildman–Crippen LogP) is 4.67. The molecule has 0 amide bonds. The first-order valence-corrected chi connectivity index (χ1v) is 6.18. The highest BCUT2D eigenvalue weighted by Gasteiger charge is 2.13. The van der Waals surface area contributed by atoms with E-state index in [1.807, 2.05) is 0 Å². The van der Waals surface area contributed by atoms with E-state index in [1.54, 1.807) is 0 Å². The van der Waals surface area contributed by atoms with Crippen LogP contribution in [0, 0.1) is 11.3 Å². The van der Waals surface area contributed by atoms with Gasteiger partial charge in [0.25, 0.3) is 0 Å². The summed E-state index contributed by atoms with van der Waals surface area (Å²) in [6, 6.07) is 8.54. The second-order valence-corrected chi connectivity index (χ2v) is 5.84. The van der Waals surface area contributed by atoms with Gasteiger partial charge < -0.3 is 5.41 Å². The third-order valence-corrected chi connectivity index (χ3v) is 2.75. The van der Waals surface area contributed by atoms with Gasteiger partial charge in [0.15, 0.2) is 0 Å². The van der Waals surface area contributed by atoms with Crippen molar-refractivity contribution < 1.29 is 0 Å². The van der Waals surface area contributed by atoms with Crippen molar-refractivity contribution in [3.63, 3.8) is 0 Å². The molecule has 0 atom stereocenters. The quantitative estimate of drug-likeness (QED) is 0.728. The molecule has 0 fully saturated rings.